The molecule has 2 unspecified atom stereocenters. The summed E-state index contributed by atoms with van der Waals surface area (Å²) < 4.78 is 58.2. The van der Waals surface area contributed by atoms with Gasteiger partial charge in [0.15, 0.2) is 11.9 Å². The topological polar surface area (TPSA) is 121 Å². The van der Waals surface area contributed by atoms with E-state index in [1.807, 2.05) is 9.80 Å². The number of anilines is 1. The van der Waals surface area contributed by atoms with Gasteiger partial charge in [0, 0.05) is 55.3 Å². The summed E-state index contributed by atoms with van der Waals surface area (Å²) in [4.78, 5) is 45.5. The second-order valence-electron chi connectivity index (χ2n) is 15.6. The van der Waals surface area contributed by atoms with Crippen molar-refractivity contribution in [3.63, 3.8) is 0 Å². The lowest BCUT2D eigenvalue weighted by Gasteiger charge is -2.47. The Morgan fingerprint density at radius 2 is 1.92 bits per heavy atom. The summed E-state index contributed by atoms with van der Waals surface area (Å²) in [5.74, 6) is 0.354. The van der Waals surface area contributed by atoms with Crippen molar-refractivity contribution in [1.82, 2.24) is 24.8 Å². The number of rotatable bonds is 6. The molecule has 2 aromatic carbocycles. The maximum atomic E-state index is 17.1. The molecule has 2 bridgehead atoms. The fourth-order valence-electron chi connectivity index (χ4n) is 9.30. The Bertz CT molecular complexity index is 2270. The number of carbonyl (C=O) groups is 2. The molecule has 11 nitrogen and oxygen atoms in total. The standard InChI is InChI=1S/C39H37F3N6O5/c1-4-25-28(41)9-6-20-12-24(49)13-26(29(20)25)31-30(42)32-27(15-43-31)34(45-37(44-32)52-19-39-10-5-11-47(39)16-21(40)14-39)46-17-22-7-8-23(18-46)48(22)35(50)33-38(2,3)36(51)53-33/h1,6,9,12-13,15,21-23,33,49H,5,7-8,10-11,14,16-19H2,2-3H3/t21-,22?,23?,33+,39+/m1/s1. The molecule has 2 aromatic heterocycles. The minimum absolute atomic E-state index is 0.0831. The summed E-state index contributed by atoms with van der Waals surface area (Å²) in [5, 5.41) is 11.5. The number of aromatic nitrogens is 3. The number of ether oxygens (including phenoxy) is 2. The van der Waals surface area contributed by atoms with Gasteiger partial charge in [0.05, 0.1) is 16.5 Å². The van der Waals surface area contributed by atoms with Crippen molar-refractivity contribution in [2.24, 2.45) is 5.41 Å². The quantitative estimate of drug-likeness (QED) is 0.217. The van der Waals surface area contributed by atoms with E-state index in [1.54, 1.807) is 13.8 Å². The third-order valence-electron chi connectivity index (χ3n) is 12.0. The smallest absolute Gasteiger partial charge is 0.319 e. The average molecular weight is 727 g/mol. The van der Waals surface area contributed by atoms with Crippen LogP contribution in [0.3, 0.4) is 0 Å². The van der Waals surface area contributed by atoms with Gasteiger partial charge in [-0.15, -0.1) is 6.42 Å². The number of phenolic OH excluding ortho intramolecular Hbond substituents is 1. The number of hydrogen-bond donors (Lipinski definition) is 1. The first kappa shape index (κ1) is 33.7. The van der Waals surface area contributed by atoms with E-state index in [0.717, 1.165) is 32.2 Å². The predicted octanol–water partition coefficient (Wildman–Crippen LogP) is 4.90. The van der Waals surface area contributed by atoms with Gasteiger partial charge in [0.25, 0.3) is 5.91 Å². The summed E-state index contributed by atoms with van der Waals surface area (Å²) in [7, 11) is 0. The van der Waals surface area contributed by atoms with Crippen LogP contribution < -0.4 is 9.64 Å². The number of hydrogen-bond acceptors (Lipinski definition) is 10. The van der Waals surface area contributed by atoms with Crippen LogP contribution in [-0.4, -0.2) is 104 Å². The summed E-state index contributed by atoms with van der Waals surface area (Å²) in [5.41, 5.74) is -1.76. The van der Waals surface area contributed by atoms with Crippen molar-refractivity contribution in [2.45, 2.75) is 75.8 Å². The molecule has 0 saturated carbocycles. The van der Waals surface area contributed by atoms with Gasteiger partial charge < -0.3 is 24.4 Å². The van der Waals surface area contributed by atoms with Crippen molar-refractivity contribution >= 4 is 39.4 Å². The van der Waals surface area contributed by atoms with E-state index in [1.165, 1.54) is 30.5 Å². The maximum absolute atomic E-state index is 17.1. The molecule has 274 valence electrons. The van der Waals surface area contributed by atoms with Crippen molar-refractivity contribution in [3.05, 3.63) is 47.7 Å². The molecule has 53 heavy (non-hydrogen) atoms. The van der Waals surface area contributed by atoms with Crippen LogP contribution in [0.5, 0.6) is 11.8 Å². The van der Waals surface area contributed by atoms with Crippen LogP contribution in [0.15, 0.2) is 30.5 Å². The monoisotopic (exact) mass is 726 g/mol. The minimum Gasteiger partial charge on any atom is -0.508 e. The Morgan fingerprint density at radius 1 is 1.15 bits per heavy atom. The summed E-state index contributed by atoms with van der Waals surface area (Å²) in [6, 6.07) is 4.80. The molecule has 9 rings (SSSR count). The van der Waals surface area contributed by atoms with Gasteiger partial charge in [-0.05, 0) is 69.7 Å². The summed E-state index contributed by atoms with van der Waals surface area (Å²) in [6.07, 6.45) is 8.73. The van der Waals surface area contributed by atoms with E-state index in [9.17, 15) is 23.5 Å². The molecule has 4 aromatic rings. The number of aromatic hydroxyl groups is 1. The van der Waals surface area contributed by atoms with Crippen LogP contribution in [0.25, 0.3) is 32.9 Å². The third-order valence-corrected chi connectivity index (χ3v) is 12.0. The predicted molar refractivity (Wildman–Crippen MR) is 188 cm³/mol. The van der Waals surface area contributed by atoms with Crippen molar-refractivity contribution < 1.29 is 37.3 Å². The van der Waals surface area contributed by atoms with Crippen molar-refractivity contribution in [3.8, 4) is 35.4 Å². The van der Waals surface area contributed by atoms with Gasteiger partial charge in [-0.3, -0.25) is 19.5 Å². The summed E-state index contributed by atoms with van der Waals surface area (Å²) >= 11 is 0. The molecule has 1 N–H and O–H groups in total. The lowest BCUT2D eigenvalue weighted by Crippen LogP contribution is -2.65. The van der Waals surface area contributed by atoms with Crippen molar-refractivity contribution in [1.29, 1.82) is 0 Å². The number of esters is 1. The van der Waals surface area contributed by atoms with E-state index in [0.29, 0.717) is 37.3 Å². The van der Waals surface area contributed by atoms with Gasteiger partial charge >= 0.3 is 12.0 Å². The number of piperazine rings is 1. The molecule has 7 heterocycles. The number of alkyl halides is 1. The number of nitrogens with zero attached hydrogens (tertiary/aromatic N) is 6. The number of pyridine rings is 1. The summed E-state index contributed by atoms with van der Waals surface area (Å²) in [6.45, 7) is 5.34. The van der Waals surface area contributed by atoms with Crippen LogP contribution in [0.2, 0.25) is 0 Å². The number of halogens is 3. The number of amides is 1. The molecule has 0 spiro atoms. The first-order chi connectivity index (χ1) is 25.4. The highest BCUT2D eigenvalue weighted by molar-refractivity contribution is 6.03. The normalized spacial score (nSPS) is 27.5. The zero-order chi connectivity index (χ0) is 37.0. The molecule has 5 fully saturated rings. The molecule has 1 amide bonds. The van der Waals surface area contributed by atoms with E-state index in [4.69, 9.17) is 20.9 Å². The zero-order valence-corrected chi connectivity index (χ0v) is 29.2. The molecule has 5 saturated heterocycles. The largest absolute Gasteiger partial charge is 0.508 e. The highest BCUT2D eigenvalue weighted by Crippen LogP contribution is 2.44. The lowest BCUT2D eigenvalue weighted by molar-refractivity contribution is -0.207. The molecule has 0 radical (unpaired) electrons. The SMILES string of the molecule is C#Cc1c(F)ccc2cc(O)cc(-c3ncc4c(N5CC6CCC(C5)N6C(=O)[C@@H]5OC(=O)C5(C)C)nc(OC[C@@]56CCCN5C[C@H](F)C6)nc4c3F)c12. The van der Waals surface area contributed by atoms with Crippen LogP contribution >= 0.6 is 0 Å². The molecule has 14 heteroatoms. The number of cyclic esters (lactones) is 1. The lowest BCUT2D eigenvalue weighted by atomic mass is 9.80. The number of phenols is 1. The Hall–Kier alpha value is -5.16. The number of terminal acetylenes is 1. The Labute approximate surface area is 303 Å². The van der Waals surface area contributed by atoms with E-state index in [-0.39, 0.29) is 69.5 Å². The molecular weight excluding hydrogens is 689 g/mol. The number of fused-ring (bicyclic) bond motifs is 5. The van der Waals surface area contributed by atoms with E-state index < -0.39 is 40.8 Å². The second-order valence-corrected chi connectivity index (χ2v) is 15.6. The van der Waals surface area contributed by atoms with Crippen LogP contribution in [0, 0.1) is 29.4 Å². The molecule has 5 atom stereocenters. The average Bonchev–Trinajstić information content (AvgIpc) is 3.75. The van der Waals surface area contributed by atoms with Crippen LogP contribution in [-0.2, 0) is 14.3 Å². The fraction of sp³-hybridized carbons (Fsp3) is 0.462. The third kappa shape index (κ3) is 5.10. The number of carbonyl (C=O) groups excluding carboxylic acids is 2. The van der Waals surface area contributed by atoms with Gasteiger partial charge in [0.2, 0.25) is 0 Å². The van der Waals surface area contributed by atoms with Gasteiger partial charge in [0.1, 0.15) is 46.8 Å². The molecule has 5 aliphatic rings. The highest BCUT2D eigenvalue weighted by atomic mass is 19.1. The van der Waals surface area contributed by atoms with E-state index >= 15 is 4.39 Å². The first-order valence-corrected chi connectivity index (χ1v) is 18.0. The first-order valence-electron chi connectivity index (χ1n) is 18.0. The molecular formula is C39H37F3N6O5. The molecule has 0 aliphatic carbocycles. The molecule has 5 aliphatic heterocycles. The number of benzene rings is 2. The Kier molecular flexibility index (Phi) is 7.58. The van der Waals surface area contributed by atoms with Gasteiger partial charge in [-0.2, -0.15) is 9.97 Å². The van der Waals surface area contributed by atoms with Gasteiger partial charge in [-0.25, -0.2) is 13.2 Å². The Morgan fingerprint density at radius 3 is 2.64 bits per heavy atom. The van der Waals surface area contributed by atoms with Crippen molar-refractivity contribution in [2.75, 3.05) is 37.7 Å². The highest BCUT2D eigenvalue weighted by Gasteiger charge is 2.58. The maximum Gasteiger partial charge on any atom is 0.319 e. The zero-order valence-electron chi connectivity index (χ0n) is 29.2. The minimum atomic E-state index is -0.976. The van der Waals surface area contributed by atoms with Crippen LogP contribution in [0.4, 0.5) is 19.0 Å². The fourth-order valence-corrected chi connectivity index (χ4v) is 9.30. The Balaban J connectivity index is 1.13. The van der Waals surface area contributed by atoms with E-state index in [2.05, 4.69) is 20.8 Å². The van der Waals surface area contributed by atoms with Gasteiger partial charge in [-0.1, -0.05) is 12.0 Å². The second kappa shape index (κ2) is 11.9. The van der Waals surface area contributed by atoms with Crippen LogP contribution in [0.1, 0.15) is 51.5 Å².